The third-order valence-corrected chi connectivity index (χ3v) is 4.92. The first-order valence-electron chi connectivity index (χ1n) is 6.84. The fourth-order valence-electron chi connectivity index (χ4n) is 1.95. The molecule has 112 valence electrons. The number of rotatable bonds is 8. The van der Waals surface area contributed by atoms with Crippen molar-refractivity contribution in [2.45, 2.75) is 37.2 Å². The highest BCUT2D eigenvalue weighted by Gasteiger charge is 2.21. The summed E-state index contributed by atoms with van der Waals surface area (Å²) in [6.07, 6.45) is 2.44. The molecular weight excluding hydrogens is 276 g/mol. The summed E-state index contributed by atoms with van der Waals surface area (Å²) in [5, 5.41) is 3.39. The van der Waals surface area contributed by atoms with Crippen molar-refractivity contribution >= 4 is 10.0 Å². The van der Waals surface area contributed by atoms with Gasteiger partial charge in [0.05, 0.1) is 11.5 Å². The molecule has 5 nitrogen and oxygen atoms in total. The second-order valence-corrected chi connectivity index (χ2v) is 6.88. The number of ether oxygens (including phenoxy) is 1. The summed E-state index contributed by atoms with van der Waals surface area (Å²) in [4.78, 5) is 0.351. The van der Waals surface area contributed by atoms with E-state index in [0.717, 1.165) is 11.1 Å². The molecule has 2 rings (SSSR count). The Labute approximate surface area is 120 Å². The van der Waals surface area contributed by atoms with Gasteiger partial charge in [-0.1, -0.05) is 12.1 Å². The monoisotopic (exact) mass is 298 g/mol. The quantitative estimate of drug-likeness (QED) is 0.707. The van der Waals surface area contributed by atoms with Gasteiger partial charge in [0.25, 0.3) is 0 Å². The molecule has 0 unspecified atom stereocenters. The van der Waals surface area contributed by atoms with E-state index >= 15 is 0 Å². The Hall–Kier alpha value is -0.950. The van der Waals surface area contributed by atoms with Gasteiger partial charge in [0, 0.05) is 26.2 Å². The second-order valence-electron chi connectivity index (χ2n) is 5.15. The normalized spacial score (nSPS) is 15.5. The molecule has 0 aromatic heterocycles. The van der Waals surface area contributed by atoms with Crippen LogP contribution in [0.5, 0.6) is 0 Å². The van der Waals surface area contributed by atoms with Crippen molar-refractivity contribution in [2.75, 3.05) is 20.3 Å². The molecule has 1 aliphatic carbocycles. The van der Waals surface area contributed by atoms with E-state index in [0.29, 0.717) is 24.1 Å². The van der Waals surface area contributed by atoms with Crippen LogP contribution in [0.3, 0.4) is 0 Å². The van der Waals surface area contributed by atoms with E-state index in [4.69, 9.17) is 4.74 Å². The van der Waals surface area contributed by atoms with Crippen molar-refractivity contribution in [3.63, 3.8) is 0 Å². The zero-order valence-corrected chi connectivity index (χ0v) is 12.8. The molecule has 0 atom stereocenters. The lowest BCUT2D eigenvalue weighted by Gasteiger charge is -2.11. The van der Waals surface area contributed by atoms with Gasteiger partial charge < -0.3 is 10.1 Å². The van der Waals surface area contributed by atoms with Crippen LogP contribution in [-0.2, 0) is 21.3 Å². The van der Waals surface area contributed by atoms with Gasteiger partial charge in [0.15, 0.2) is 0 Å². The lowest BCUT2D eigenvalue weighted by Crippen LogP contribution is -2.28. The van der Waals surface area contributed by atoms with Gasteiger partial charge >= 0.3 is 0 Å². The maximum absolute atomic E-state index is 12.2. The minimum Gasteiger partial charge on any atom is -0.383 e. The number of hydrogen-bond donors (Lipinski definition) is 2. The Morgan fingerprint density at radius 2 is 2.10 bits per heavy atom. The van der Waals surface area contributed by atoms with Gasteiger partial charge in [-0.3, -0.25) is 0 Å². The number of benzene rings is 1. The van der Waals surface area contributed by atoms with E-state index in [1.165, 1.54) is 12.8 Å². The topological polar surface area (TPSA) is 67.4 Å². The molecule has 0 heterocycles. The Bertz CT molecular complexity index is 554. The van der Waals surface area contributed by atoms with E-state index < -0.39 is 10.0 Å². The van der Waals surface area contributed by atoms with Crippen LogP contribution in [0.15, 0.2) is 23.1 Å². The summed E-state index contributed by atoms with van der Waals surface area (Å²) in [6.45, 7) is 3.17. The molecule has 0 bridgehead atoms. The molecule has 1 fully saturated rings. The van der Waals surface area contributed by atoms with Crippen LogP contribution in [0, 0.1) is 6.92 Å². The van der Waals surface area contributed by atoms with Crippen molar-refractivity contribution in [2.24, 2.45) is 0 Å². The summed E-state index contributed by atoms with van der Waals surface area (Å²) in [5.74, 6) is 0. The predicted octanol–water partition coefficient (Wildman–Crippen LogP) is 1.17. The van der Waals surface area contributed by atoms with Crippen LogP contribution in [0.2, 0.25) is 0 Å². The Balaban J connectivity index is 2.09. The highest BCUT2D eigenvalue weighted by molar-refractivity contribution is 7.89. The third-order valence-electron chi connectivity index (χ3n) is 3.31. The number of nitrogens with one attached hydrogen (secondary N) is 2. The van der Waals surface area contributed by atoms with Gasteiger partial charge in [-0.05, 0) is 37.0 Å². The molecule has 2 N–H and O–H groups in total. The summed E-state index contributed by atoms with van der Waals surface area (Å²) in [6, 6.07) is 6.18. The summed E-state index contributed by atoms with van der Waals surface area (Å²) in [7, 11) is -1.92. The maximum atomic E-state index is 12.2. The molecule has 0 saturated heterocycles. The van der Waals surface area contributed by atoms with Gasteiger partial charge in [0.2, 0.25) is 10.0 Å². The molecule has 0 aliphatic heterocycles. The van der Waals surface area contributed by atoms with E-state index in [1.807, 2.05) is 19.1 Å². The van der Waals surface area contributed by atoms with Gasteiger partial charge in [-0.25, -0.2) is 13.1 Å². The molecule has 1 aromatic rings. The van der Waals surface area contributed by atoms with E-state index in [-0.39, 0.29) is 6.54 Å². The second kappa shape index (κ2) is 6.67. The SMILES string of the molecule is COCCNS(=O)(=O)c1cc(CNC2CC2)ccc1C. The van der Waals surface area contributed by atoms with Gasteiger partial charge in [-0.2, -0.15) is 0 Å². The summed E-state index contributed by atoms with van der Waals surface area (Å²) < 4.78 is 31.9. The van der Waals surface area contributed by atoms with Crippen LogP contribution in [0.4, 0.5) is 0 Å². The standard InChI is InChI=1S/C14H22N2O3S/c1-11-3-4-12(10-15-13-5-6-13)9-14(11)20(17,18)16-7-8-19-2/h3-4,9,13,15-16H,5-8,10H2,1-2H3. The molecular formula is C14H22N2O3S. The minimum atomic E-state index is -3.47. The minimum absolute atomic E-state index is 0.281. The zero-order chi connectivity index (χ0) is 14.6. The summed E-state index contributed by atoms with van der Waals surface area (Å²) >= 11 is 0. The van der Waals surface area contributed by atoms with Crippen LogP contribution < -0.4 is 10.0 Å². The first-order chi connectivity index (χ1) is 9.53. The molecule has 1 aromatic carbocycles. The first-order valence-corrected chi connectivity index (χ1v) is 8.33. The molecule has 0 spiro atoms. The Morgan fingerprint density at radius 3 is 2.75 bits per heavy atom. The maximum Gasteiger partial charge on any atom is 0.240 e. The first kappa shape index (κ1) is 15.4. The molecule has 1 aliphatic rings. The number of sulfonamides is 1. The van der Waals surface area contributed by atoms with E-state index in [2.05, 4.69) is 10.0 Å². The predicted molar refractivity (Wildman–Crippen MR) is 78.1 cm³/mol. The average molecular weight is 298 g/mol. The van der Waals surface area contributed by atoms with Crippen LogP contribution in [0.1, 0.15) is 24.0 Å². The van der Waals surface area contributed by atoms with Gasteiger partial charge in [0.1, 0.15) is 0 Å². The van der Waals surface area contributed by atoms with Crippen molar-refractivity contribution < 1.29 is 13.2 Å². The molecule has 20 heavy (non-hydrogen) atoms. The molecule has 1 saturated carbocycles. The van der Waals surface area contributed by atoms with Crippen molar-refractivity contribution in [3.8, 4) is 0 Å². The Kier molecular flexibility index (Phi) is 5.15. The van der Waals surface area contributed by atoms with Crippen molar-refractivity contribution in [3.05, 3.63) is 29.3 Å². The largest absolute Gasteiger partial charge is 0.383 e. The smallest absolute Gasteiger partial charge is 0.240 e. The highest BCUT2D eigenvalue weighted by Crippen LogP contribution is 2.21. The number of hydrogen-bond acceptors (Lipinski definition) is 4. The molecule has 0 amide bonds. The van der Waals surface area contributed by atoms with E-state index in [1.54, 1.807) is 13.2 Å². The lowest BCUT2D eigenvalue weighted by molar-refractivity contribution is 0.204. The lowest BCUT2D eigenvalue weighted by atomic mass is 10.1. The number of methoxy groups -OCH3 is 1. The molecule has 0 radical (unpaired) electrons. The summed E-state index contributed by atoms with van der Waals surface area (Å²) in [5.41, 5.74) is 1.75. The van der Waals surface area contributed by atoms with Gasteiger partial charge in [-0.15, -0.1) is 0 Å². The Morgan fingerprint density at radius 1 is 1.35 bits per heavy atom. The third kappa shape index (κ3) is 4.28. The van der Waals surface area contributed by atoms with Crippen LogP contribution in [-0.4, -0.2) is 34.7 Å². The fraction of sp³-hybridized carbons (Fsp3) is 0.571. The van der Waals surface area contributed by atoms with E-state index in [9.17, 15) is 8.42 Å². The number of aryl methyl sites for hydroxylation is 1. The van der Waals surface area contributed by atoms with Crippen molar-refractivity contribution in [1.29, 1.82) is 0 Å². The van der Waals surface area contributed by atoms with Crippen LogP contribution in [0.25, 0.3) is 0 Å². The zero-order valence-electron chi connectivity index (χ0n) is 12.0. The molecule has 6 heteroatoms. The average Bonchev–Trinajstić information content (AvgIpc) is 3.22. The fourth-order valence-corrected chi connectivity index (χ4v) is 3.26. The van der Waals surface area contributed by atoms with Crippen LogP contribution >= 0.6 is 0 Å². The highest BCUT2D eigenvalue weighted by atomic mass is 32.2. The van der Waals surface area contributed by atoms with Crippen molar-refractivity contribution in [1.82, 2.24) is 10.0 Å².